The van der Waals surface area contributed by atoms with Gasteiger partial charge in [-0.15, -0.1) is 0 Å². The van der Waals surface area contributed by atoms with E-state index in [0.29, 0.717) is 18.6 Å². The van der Waals surface area contributed by atoms with E-state index in [4.69, 9.17) is 44.8 Å². The standard InChI is InChI=1S/C18H20Cl3NO/c1-14(4-3-5-15(2)12-18(19,20)21)10-11-23-17-8-6-16(13-22)7-9-17/h5-10H,3-4,11-12H2,1-2H3. The minimum Gasteiger partial charge on any atom is -0.490 e. The summed E-state index contributed by atoms with van der Waals surface area (Å²) in [6.45, 7) is 4.55. The molecule has 0 unspecified atom stereocenters. The first-order chi connectivity index (χ1) is 10.8. The Bertz CT molecular complexity index is 592. The highest BCUT2D eigenvalue weighted by molar-refractivity contribution is 6.67. The van der Waals surface area contributed by atoms with E-state index in [9.17, 15) is 0 Å². The minimum absolute atomic E-state index is 0.447. The summed E-state index contributed by atoms with van der Waals surface area (Å²) in [7, 11) is 0. The lowest BCUT2D eigenvalue weighted by Crippen LogP contribution is -2.01. The lowest BCUT2D eigenvalue weighted by atomic mass is 10.1. The Labute approximate surface area is 153 Å². The zero-order valence-corrected chi connectivity index (χ0v) is 15.5. The Morgan fingerprint density at radius 1 is 1.13 bits per heavy atom. The Morgan fingerprint density at radius 2 is 1.78 bits per heavy atom. The number of hydrogen-bond acceptors (Lipinski definition) is 2. The maximum absolute atomic E-state index is 8.73. The highest BCUT2D eigenvalue weighted by Gasteiger charge is 2.19. The minimum atomic E-state index is -1.22. The quantitative estimate of drug-likeness (QED) is 0.411. The summed E-state index contributed by atoms with van der Waals surface area (Å²) in [5, 5.41) is 8.73. The van der Waals surface area contributed by atoms with Crippen molar-refractivity contribution in [3.05, 3.63) is 53.1 Å². The Kier molecular flexibility index (Phi) is 8.55. The molecule has 5 heteroatoms. The molecule has 0 amide bonds. The summed E-state index contributed by atoms with van der Waals surface area (Å²) in [5.41, 5.74) is 2.95. The molecule has 1 rings (SSSR count). The first-order valence-corrected chi connectivity index (χ1v) is 8.44. The number of hydrogen-bond donors (Lipinski definition) is 0. The van der Waals surface area contributed by atoms with Crippen LogP contribution < -0.4 is 4.74 Å². The van der Waals surface area contributed by atoms with E-state index in [1.807, 2.05) is 6.92 Å². The molecule has 0 N–H and O–H groups in total. The van der Waals surface area contributed by atoms with Gasteiger partial charge in [-0.25, -0.2) is 0 Å². The molecule has 0 atom stereocenters. The van der Waals surface area contributed by atoms with Gasteiger partial charge in [-0.1, -0.05) is 52.0 Å². The van der Waals surface area contributed by atoms with Crippen molar-refractivity contribution in [2.45, 2.75) is 36.9 Å². The molecule has 0 aliphatic heterocycles. The van der Waals surface area contributed by atoms with Gasteiger partial charge in [-0.3, -0.25) is 0 Å². The largest absolute Gasteiger partial charge is 0.490 e. The third-order valence-electron chi connectivity index (χ3n) is 3.18. The van der Waals surface area contributed by atoms with Gasteiger partial charge in [0.25, 0.3) is 0 Å². The molecule has 0 radical (unpaired) electrons. The number of allylic oxidation sites excluding steroid dienone is 3. The molecule has 1 aromatic rings. The third kappa shape index (κ3) is 9.56. The van der Waals surface area contributed by atoms with E-state index < -0.39 is 3.79 Å². The first kappa shape index (κ1) is 19.9. The molecule has 0 saturated heterocycles. The maximum Gasteiger partial charge on any atom is 0.194 e. The SMILES string of the molecule is CC(=CCOc1ccc(C#N)cc1)CCC=C(C)CC(Cl)(Cl)Cl. The van der Waals surface area contributed by atoms with Crippen LogP contribution in [0.3, 0.4) is 0 Å². The summed E-state index contributed by atoms with van der Waals surface area (Å²) < 4.78 is 4.39. The van der Waals surface area contributed by atoms with Gasteiger partial charge in [0.05, 0.1) is 11.6 Å². The molecule has 1 aromatic carbocycles. The maximum atomic E-state index is 8.73. The highest BCUT2D eigenvalue weighted by Crippen LogP contribution is 2.33. The molecule has 2 nitrogen and oxygen atoms in total. The van der Waals surface area contributed by atoms with Gasteiger partial charge in [-0.2, -0.15) is 5.26 Å². The van der Waals surface area contributed by atoms with E-state index in [0.717, 1.165) is 24.2 Å². The number of ether oxygens (including phenoxy) is 1. The van der Waals surface area contributed by atoms with Crippen molar-refractivity contribution in [3.8, 4) is 11.8 Å². The van der Waals surface area contributed by atoms with E-state index >= 15 is 0 Å². The Hall–Kier alpha value is -1.14. The summed E-state index contributed by atoms with van der Waals surface area (Å²) >= 11 is 17.3. The van der Waals surface area contributed by atoms with Crippen molar-refractivity contribution in [3.63, 3.8) is 0 Å². The number of benzene rings is 1. The lowest BCUT2D eigenvalue weighted by molar-refractivity contribution is 0.361. The second-order valence-electron chi connectivity index (χ2n) is 5.38. The fourth-order valence-electron chi connectivity index (χ4n) is 1.94. The molecule has 0 heterocycles. The van der Waals surface area contributed by atoms with Crippen molar-refractivity contribution >= 4 is 34.8 Å². The smallest absolute Gasteiger partial charge is 0.194 e. The first-order valence-electron chi connectivity index (χ1n) is 7.31. The van der Waals surface area contributed by atoms with Gasteiger partial charge < -0.3 is 4.74 Å². The number of rotatable bonds is 7. The van der Waals surface area contributed by atoms with Crippen LogP contribution >= 0.6 is 34.8 Å². The van der Waals surface area contributed by atoms with Crippen molar-refractivity contribution in [1.82, 2.24) is 0 Å². The average molecular weight is 373 g/mol. The van der Waals surface area contributed by atoms with Crippen LogP contribution in [-0.2, 0) is 0 Å². The summed E-state index contributed by atoms with van der Waals surface area (Å²) in [4.78, 5) is 0. The van der Waals surface area contributed by atoms with E-state index in [1.165, 1.54) is 5.57 Å². The number of nitriles is 1. The van der Waals surface area contributed by atoms with Crippen LogP contribution in [0.15, 0.2) is 47.6 Å². The van der Waals surface area contributed by atoms with E-state index in [2.05, 4.69) is 25.1 Å². The molecular weight excluding hydrogens is 353 g/mol. The fraction of sp³-hybridized carbons (Fsp3) is 0.389. The Balaban J connectivity index is 2.34. The number of alkyl halides is 3. The number of halogens is 3. The van der Waals surface area contributed by atoms with Crippen LogP contribution in [0.5, 0.6) is 5.75 Å². The van der Waals surface area contributed by atoms with Crippen LogP contribution in [0, 0.1) is 11.3 Å². The Morgan fingerprint density at radius 3 is 2.35 bits per heavy atom. The molecule has 0 bridgehead atoms. The van der Waals surface area contributed by atoms with E-state index in [-0.39, 0.29) is 0 Å². The second kappa shape index (κ2) is 9.88. The predicted octanol–water partition coefficient (Wildman–Crippen LogP) is 6.37. The summed E-state index contributed by atoms with van der Waals surface area (Å²) in [6, 6.07) is 9.15. The van der Waals surface area contributed by atoms with Gasteiger partial charge in [0.1, 0.15) is 12.4 Å². The highest BCUT2D eigenvalue weighted by atomic mass is 35.6. The van der Waals surface area contributed by atoms with Gasteiger partial charge in [0.15, 0.2) is 3.79 Å². The predicted molar refractivity (Wildman–Crippen MR) is 98.3 cm³/mol. The van der Waals surface area contributed by atoms with Crippen LogP contribution in [0.1, 0.15) is 38.7 Å². The normalized spacial score (nSPS) is 12.9. The zero-order valence-electron chi connectivity index (χ0n) is 13.3. The second-order valence-corrected chi connectivity index (χ2v) is 7.89. The zero-order chi connectivity index (χ0) is 17.3. The topological polar surface area (TPSA) is 33.0 Å². The van der Waals surface area contributed by atoms with Crippen LogP contribution in [0.2, 0.25) is 0 Å². The monoisotopic (exact) mass is 371 g/mol. The lowest BCUT2D eigenvalue weighted by Gasteiger charge is -2.10. The fourth-order valence-corrected chi connectivity index (χ4v) is 2.57. The molecule has 0 aromatic heterocycles. The van der Waals surface area contributed by atoms with Crippen LogP contribution in [0.4, 0.5) is 0 Å². The van der Waals surface area contributed by atoms with E-state index in [1.54, 1.807) is 24.3 Å². The van der Waals surface area contributed by atoms with Crippen LogP contribution in [-0.4, -0.2) is 10.4 Å². The third-order valence-corrected chi connectivity index (χ3v) is 3.58. The number of nitrogens with zero attached hydrogens (tertiary/aromatic N) is 1. The summed E-state index contributed by atoms with van der Waals surface area (Å²) in [5.74, 6) is 0.756. The van der Waals surface area contributed by atoms with Gasteiger partial charge in [-0.05, 0) is 57.0 Å². The molecule has 0 fully saturated rings. The molecular formula is C18H20Cl3NO. The van der Waals surface area contributed by atoms with Crippen molar-refractivity contribution in [1.29, 1.82) is 5.26 Å². The van der Waals surface area contributed by atoms with Gasteiger partial charge >= 0.3 is 0 Å². The molecule has 23 heavy (non-hydrogen) atoms. The van der Waals surface area contributed by atoms with Crippen molar-refractivity contribution < 1.29 is 4.74 Å². The molecule has 0 aliphatic rings. The van der Waals surface area contributed by atoms with Gasteiger partial charge in [0.2, 0.25) is 0 Å². The average Bonchev–Trinajstić information content (AvgIpc) is 2.46. The summed E-state index contributed by atoms with van der Waals surface area (Å²) in [6.07, 6.45) is 6.44. The van der Waals surface area contributed by atoms with Crippen molar-refractivity contribution in [2.75, 3.05) is 6.61 Å². The molecule has 0 spiro atoms. The molecule has 0 aliphatic carbocycles. The van der Waals surface area contributed by atoms with Crippen LogP contribution in [0.25, 0.3) is 0 Å². The molecule has 124 valence electrons. The molecule has 0 saturated carbocycles. The van der Waals surface area contributed by atoms with Crippen molar-refractivity contribution in [2.24, 2.45) is 0 Å². The van der Waals surface area contributed by atoms with Gasteiger partial charge in [0, 0.05) is 6.42 Å².